The van der Waals surface area contributed by atoms with E-state index in [0.29, 0.717) is 44.0 Å². The molecule has 0 radical (unpaired) electrons. The number of hydroxylamine groups is 2. The average molecular weight is 564 g/mol. The summed E-state index contributed by atoms with van der Waals surface area (Å²) >= 11 is 12.2. The van der Waals surface area contributed by atoms with Gasteiger partial charge >= 0.3 is 5.97 Å². The SMILES string of the molecule is CC(C)(C)OC(=O)c1nc(-c2ccc(Cl)cc2)c(-c2ccc(Cl)cc2)nc1C(=O)N(O)CCc1ccccc1. The molecule has 0 bridgehead atoms. The maximum absolute atomic E-state index is 13.5. The predicted molar refractivity (Wildman–Crippen MR) is 151 cm³/mol. The Morgan fingerprint density at radius 2 is 1.28 bits per heavy atom. The van der Waals surface area contributed by atoms with Crippen molar-refractivity contribution in [3.05, 3.63) is 106 Å². The zero-order valence-electron chi connectivity index (χ0n) is 21.7. The third-order valence-corrected chi connectivity index (χ3v) is 6.12. The summed E-state index contributed by atoms with van der Waals surface area (Å²) in [5.74, 6) is -1.72. The molecule has 1 amide bonds. The zero-order valence-corrected chi connectivity index (χ0v) is 23.2. The first kappa shape index (κ1) is 28.2. The summed E-state index contributed by atoms with van der Waals surface area (Å²) in [5.41, 5.74) is 1.31. The summed E-state index contributed by atoms with van der Waals surface area (Å²) in [5, 5.41) is 12.3. The molecule has 1 aromatic heterocycles. The highest BCUT2D eigenvalue weighted by Gasteiger charge is 2.31. The van der Waals surface area contributed by atoms with Gasteiger partial charge in [-0.05, 0) is 57.0 Å². The average Bonchev–Trinajstić information content (AvgIpc) is 2.91. The van der Waals surface area contributed by atoms with Gasteiger partial charge in [0.15, 0.2) is 11.4 Å². The number of rotatable bonds is 7. The maximum Gasteiger partial charge on any atom is 0.359 e. The van der Waals surface area contributed by atoms with Crippen LogP contribution in [0.4, 0.5) is 0 Å². The van der Waals surface area contributed by atoms with Gasteiger partial charge in [-0.3, -0.25) is 10.0 Å². The van der Waals surface area contributed by atoms with E-state index in [-0.39, 0.29) is 17.9 Å². The van der Waals surface area contributed by atoms with Crippen molar-refractivity contribution in [1.82, 2.24) is 15.0 Å². The van der Waals surface area contributed by atoms with Crippen molar-refractivity contribution in [2.45, 2.75) is 32.8 Å². The van der Waals surface area contributed by atoms with Crippen LogP contribution in [0.15, 0.2) is 78.9 Å². The van der Waals surface area contributed by atoms with Crippen molar-refractivity contribution in [2.75, 3.05) is 6.54 Å². The van der Waals surface area contributed by atoms with E-state index in [2.05, 4.69) is 9.97 Å². The minimum atomic E-state index is -0.878. The van der Waals surface area contributed by atoms with Gasteiger partial charge in [0.1, 0.15) is 5.60 Å². The maximum atomic E-state index is 13.5. The van der Waals surface area contributed by atoms with Gasteiger partial charge in [-0.1, -0.05) is 77.8 Å². The first-order valence-corrected chi connectivity index (χ1v) is 13.0. The fraction of sp³-hybridized carbons (Fsp3) is 0.200. The fourth-order valence-electron chi connectivity index (χ4n) is 3.77. The molecule has 0 unspecified atom stereocenters. The molecule has 0 saturated heterocycles. The monoisotopic (exact) mass is 563 g/mol. The molecule has 39 heavy (non-hydrogen) atoms. The minimum absolute atomic E-state index is 0.0203. The molecule has 9 heteroatoms. The topological polar surface area (TPSA) is 92.6 Å². The highest BCUT2D eigenvalue weighted by atomic mass is 35.5. The second-order valence-electron chi connectivity index (χ2n) is 9.80. The number of ether oxygens (including phenoxy) is 1. The third kappa shape index (κ3) is 7.20. The lowest BCUT2D eigenvalue weighted by molar-refractivity contribution is -0.0578. The first-order valence-electron chi connectivity index (χ1n) is 12.2. The summed E-state index contributed by atoms with van der Waals surface area (Å²) in [6, 6.07) is 23.1. The van der Waals surface area contributed by atoms with Crippen LogP contribution in [0.5, 0.6) is 0 Å². The van der Waals surface area contributed by atoms with Crippen LogP contribution < -0.4 is 0 Å². The molecular weight excluding hydrogens is 537 g/mol. The summed E-state index contributed by atoms with van der Waals surface area (Å²) in [7, 11) is 0. The number of esters is 1. The standard InChI is InChI=1S/C30H27Cl2N3O4/c1-30(2,3)39-29(37)27-26(28(36)35(38)18-17-19-7-5-4-6-8-19)33-24(20-9-13-22(31)14-10-20)25(34-27)21-11-15-23(32)16-12-21/h4-16,38H,17-18H2,1-3H3. The molecular formula is C30H27Cl2N3O4. The summed E-state index contributed by atoms with van der Waals surface area (Å²) in [6.07, 6.45) is 0.394. The summed E-state index contributed by atoms with van der Waals surface area (Å²) in [6.45, 7) is 5.11. The Kier molecular flexibility index (Phi) is 8.65. The van der Waals surface area contributed by atoms with Gasteiger partial charge in [-0.25, -0.2) is 19.8 Å². The number of carbonyl (C=O) groups is 2. The number of carbonyl (C=O) groups excluding carboxylic acids is 2. The van der Waals surface area contributed by atoms with E-state index in [1.807, 2.05) is 30.3 Å². The second kappa shape index (κ2) is 11.9. The van der Waals surface area contributed by atoms with E-state index >= 15 is 0 Å². The lowest BCUT2D eigenvalue weighted by atomic mass is 10.0. The molecule has 0 aliphatic rings. The van der Waals surface area contributed by atoms with Crippen molar-refractivity contribution >= 4 is 35.1 Å². The molecule has 7 nitrogen and oxygen atoms in total. The number of halogens is 2. The van der Waals surface area contributed by atoms with Crippen LogP contribution in [-0.2, 0) is 11.2 Å². The van der Waals surface area contributed by atoms with Crippen molar-refractivity contribution in [1.29, 1.82) is 0 Å². The zero-order chi connectivity index (χ0) is 28.2. The predicted octanol–water partition coefficient (Wildman–Crippen LogP) is 7.15. The van der Waals surface area contributed by atoms with Gasteiger partial charge in [0.05, 0.1) is 17.9 Å². The van der Waals surface area contributed by atoms with Gasteiger partial charge in [0.2, 0.25) is 0 Å². The molecule has 0 spiro atoms. The molecule has 200 valence electrons. The lowest BCUT2D eigenvalue weighted by Gasteiger charge is -2.22. The number of hydrogen-bond acceptors (Lipinski definition) is 6. The molecule has 3 aromatic carbocycles. The molecule has 1 heterocycles. The van der Waals surface area contributed by atoms with Crippen LogP contribution in [0.25, 0.3) is 22.5 Å². The van der Waals surface area contributed by atoms with E-state index in [0.717, 1.165) is 5.56 Å². The van der Waals surface area contributed by atoms with Crippen LogP contribution in [0, 0.1) is 0 Å². The van der Waals surface area contributed by atoms with Crippen molar-refractivity contribution in [3.63, 3.8) is 0 Å². The van der Waals surface area contributed by atoms with Crippen LogP contribution in [-0.4, -0.2) is 44.3 Å². The van der Waals surface area contributed by atoms with Gasteiger partial charge in [-0.15, -0.1) is 0 Å². The lowest BCUT2D eigenvalue weighted by Crippen LogP contribution is -2.33. The molecule has 1 N–H and O–H groups in total. The first-order chi connectivity index (χ1) is 18.5. The normalized spacial score (nSPS) is 11.2. The Morgan fingerprint density at radius 3 is 1.77 bits per heavy atom. The molecule has 4 rings (SSSR count). The molecule has 0 fully saturated rings. The Bertz CT molecular complexity index is 1470. The van der Waals surface area contributed by atoms with Crippen LogP contribution in [0.3, 0.4) is 0 Å². The Hall–Kier alpha value is -3.78. The molecule has 0 aliphatic heterocycles. The number of hydrogen-bond donors (Lipinski definition) is 1. The van der Waals surface area contributed by atoms with E-state index < -0.39 is 17.5 Å². The van der Waals surface area contributed by atoms with Gasteiger partial charge in [0.25, 0.3) is 5.91 Å². The number of aromatic nitrogens is 2. The van der Waals surface area contributed by atoms with Crippen molar-refractivity contribution in [3.8, 4) is 22.5 Å². The van der Waals surface area contributed by atoms with E-state index in [4.69, 9.17) is 27.9 Å². The van der Waals surface area contributed by atoms with Crippen molar-refractivity contribution in [2.24, 2.45) is 0 Å². The molecule has 0 atom stereocenters. The highest BCUT2D eigenvalue weighted by Crippen LogP contribution is 2.32. The van der Waals surface area contributed by atoms with Crippen LogP contribution >= 0.6 is 23.2 Å². The quantitative estimate of drug-likeness (QED) is 0.146. The van der Waals surface area contributed by atoms with Crippen LogP contribution in [0.2, 0.25) is 10.0 Å². The Labute approximate surface area is 237 Å². The van der Waals surface area contributed by atoms with Crippen molar-refractivity contribution < 1.29 is 19.5 Å². The molecule has 4 aromatic rings. The highest BCUT2D eigenvalue weighted by molar-refractivity contribution is 6.31. The Balaban J connectivity index is 1.85. The summed E-state index contributed by atoms with van der Waals surface area (Å²) < 4.78 is 5.56. The van der Waals surface area contributed by atoms with E-state index in [1.165, 1.54) is 0 Å². The number of amides is 1. The molecule has 0 saturated carbocycles. The largest absolute Gasteiger partial charge is 0.455 e. The van der Waals surface area contributed by atoms with Gasteiger partial charge in [0, 0.05) is 21.2 Å². The molecule has 0 aliphatic carbocycles. The fourth-order valence-corrected chi connectivity index (χ4v) is 4.03. The van der Waals surface area contributed by atoms with Gasteiger partial charge in [-0.2, -0.15) is 0 Å². The number of benzene rings is 3. The van der Waals surface area contributed by atoms with Crippen LogP contribution in [0.1, 0.15) is 47.3 Å². The van der Waals surface area contributed by atoms with Gasteiger partial charge < -0.3 is 4.74 Å². The third-order valence-electron chi connectivity index (χ3n) is 5.62. The second-order valence-corrected chi connectivity index (χ2v) is 10.7. The van der Waals surface area contributed by atoms with E-state index in [9.17, 15) is 14.8 Å². The minimum Gasteiger partial charge on any atom is -0.455 e. The summed E-state index contributed by atoms with van der Waals surface area (Å²) in [4.78, 5) is 36.0. The van der Waals surface area contributed by atoms with E-state index in [1.54, 1.807) is 69.3 Å². The number of nitrogens with zero attached hydrogens (tertiary/aromatic N) is 3. The smallest absolute Gasteiger partial charge is 0.359 e. The Morgan fingerprint density at radius 1 is 0.795 bits per heavy atom.